The highest BCUT2D eigenvalue weighted by atomic mass is 16.5. The fraction of sp³-hybridized carbons (Fsp3) is 0.189. The molecule has 0 saturated carbocycles. The van der Waals surface area contributed by atoms with Crippen LogP contribution in [0.4, 0.5) is 0 Å². The van der Waals surface area contributed by atoms with Gasteiger partial charge < -0.3 is 18.9 Å². The zero-order valence-electron chi connectivity index (χ0n) is 23.9. The Balaban J connectivity index is 1.52. The fourth-order valence-corrected chi connectivity index (χ4v) is 6.69. The lowest BCUT2D eigenvalue weighted by Crippen LogP contribution is -2.34. The van der Waals surface area contributed by atoms with E-state index in [9.17, 15) is 0 Å². The highest BCUT2D eigenvalue weighted by Crippen LogP contribution is 2.58. The summed E-state index contributed by atoms with van der Waals surface area (Å²) in [5.41, 5.74) is 7.12. The van der Waals surface area contributed by atoms with Gasteiger partial charge in [-0.3, -0.25) is 0 Å². The van der Waals surface area contributed by atoms with Crippen molar-refractivity contribution in [3.05, 3.63) is 125 Å². The van der Waals surface area contributed by atoms with Crippen LogP contribution in [0, 0.1) is 0 Å². The van der Waals surface area contributed by atoms with Gasteiger partial charge in [0.05, 0.1) is 21.3 Å². The summed E-state index contributed by atoms with van der Waals surface area (Å²) < 4.78 is 23.9. The highest BCUT2D eigenvalue weighted by molar-refractivity contribution is 6.06. The third kappa shape index (κ3) is 3.60. The lowest BCUT2D eigenvalue weighted by molar-refractivity contribution is 0.163. The van der Waals surface area contributed by atoms with Gasteiger partial charge in [0.1, 0.15) is 23.0 Å². The van der Waals surface area contributed by atoms with Crippen molar-refractivity contribution in [2.75, 3.05) is 21.3 Å². The monoisotopic (exact) mass is 540 g/mol. The summed E-state index contributed by atoms with van der Waals surface area (Å²) in [4.78, 5) is 0. The van der Waals surface area contributed by atoms with E-state index in [1.165, 1.54) is 27.6 Å². The first-order valence-corrected chi connectivity index (χ1v) is 13.9. The summed E-state index contributed by atoms with van der Waals surface area (Å²) >= 11 is 0. The molecular formula is C37H32O4. The lowest BCUT2D eigenvalue weighted by Gasteiger charge is -2.38. The Labute approximate surface area is 240 Å². The smallest absolute Gasteiger partial charge is 0.178 e. The molecular weight excluding hydrogens is 508 g/mol. The Bertz CT molecular complexity index is 1780. The fourth-order valence-electron chi connectivity index (χ4n) is 6.69. The normalized spacial score (nSPS) is 15.4. The van der Waals surface area contributed by atoms with Crippen LogP contribution >= 0.6 is 0 Å². The molecule has 5 aromatic carbocycles. The predicted octanol–water partition coefficient (Wildman–Crippen LogP) is 8.52. The molecule has 1 heterocycles. The van der Waals surface area contributed by atoms with E-state index >= 15 is 0 Å². The average molecular weight is 541 g/mol. The van der Waals surface area contributed by atoms with Crippen molar-refractivity contribution in [2.45, 2.75) is 24.9 Å². The standard InChI is InChI=1S/C37H32O4/c1-36(2)32-22-27(40-5)18-19-30(32)33-31-20-21-37(23-10-14-25(38-3)15-11-23,24-12-16-26(39-4)17-13-24)41-35(31)29-9-7-6-8-28(29)34(33)36/h6-22H,1-5H3. The van der Waals surface area contributed by atoms with Crippen LogP contribution in [0.25, 0.3) is 28.0 Å². The van der Waals surface area contributed by atoms with Crippen molar-refractivity contribution in [3.63, 3.8) is 0 Å². The Morgan fingerprint density at radius 1 is 0.634 bits per heavy atom. The van der Waals surface area contributed by atoms with Crippen LogP contribution in [0.1, 0.15) is 41.7 Å². The van der Waals surface area contributed by atoms with E-state index in [0.29, 0.717) is 0 Å². The molecule has 0 aromatic heterocycles. The van der Waals surface area contributed by atoms with Crippen LogP contribution in [0.2, 0.25) is 0 Å². The van der Waals surface area contributed by atoms with Gasteiger partial charge in [0.15, 0.2) is 5.60 Å². The van der Waals surface area contributed by atoms with Gasteiger partial charge >= 0.3 is 0 Å². The van der Waals surface area contributed by atoms with E-state index in [-0.39, 0.29) is 5.41 Å². The second kappa shape index (κ2) is 9.17. The molecule has 0 atom stereocenters. The van der Waals surface area contributed by atoms with E-state index < -0.39 is 5.60 Å². The molecule has 0 radical (unpaired) electrons. The largest absolute Gasteiger partial charge is 0.497 e. The van der Waals surface area contributed by atoms with Crippen LogP contribution in [-0.4, -0.2) is 21.3 Å². The summed E-state index contributed by atoms with van der Waals surface area (Å²) in [5.74, 6) is 3.35. The lowest BCUT2D eigenvalue weighted by atomic mass is 9.78. The molecule has 5 aromatic rings. The molecule has 41 heavy (non-hydrogen) atoms. The number of benzene rings is 5. The van der Waals surface area contributed by atoms with Gasteiger partial charge in [-0.1, -0.05) is 68.4 Å². The number of hydrogen-bond donors (Lipinski definition) is 0. The van der Waals surface area contributed by atoms with Crippen molar-refractivity contribution in [1.29, 1.82) is 0 Å². The number of hydrogen-bond acceptors (Lipinski definition) is 4. The average Bonchev–Trinajstić information content (AvgIpc) is 3.27. The number of rotatable bonds is 5. The van der Waals surface area contributed by atoms with Gasteiger partial charge in [0, 0.05) is 27.5 Å². The molecule has 2 aliphatic rings. The summed E-state index contributed by atoms with van der Waals surface area (Å²) in [6.07, 6.45) is 4.45. The molecule has 4 nitrogen and oxygen atoms in total. The summed E-state index contributed by atoms with van der Waals surface area (Å²) in [6, 6.07) is 31.3. The second-order valence-corrected chi connectivity index (χ2v) is 11.2. The van der Waals surface area contributed by atoms with Crippen LogP contribution in [0.5, 0.6) is 23.0 Å². The summed E-state index contributed by atoms with van der Waals surface area (Å²) in [6.45, 7) is 4.62. The Morgan fingerprint density at radius 3 is 1.78 bits per heavy atom. The van der Waals surface area contributed by atoms with Gasteiger partial charge in [0.2, 0.25) is 0 Å². The van der Waals surface area contributed by atoms with Crippen molar-refractivity contribution in [1.82, 2.24) is 0 Å². The van der Waals surface area contributed by atoms with Gasteiger partial charge in [-0.05, 0) is 76.2 Å². The molecule has 7 rings (SSSR count). The Kier molecular flexibility index (Phi) is 5.65. The van der Waals surface area contributed by atoms with Crippen LogP contribution in [0.3, 0.4) is 0 Å². The topological polar surface area (TPSA) is 36.9 Å². The second-order valence-electron chi connectivity index (χ2n) is 11.2. The number of methoxy groups -OCH3 is 3. The van der Waals surface area contributed by atoms with Crippen LogP contribution in [0.15, 0.2) is 97.1 Å². The van der Waals surface area contributed by atoms with E-state index in [4.69, 9.17) is 18.9 Å². The minimum Gasteiger partial charge on any atom is -0.497 e. The first-order valence-electron chi connectivity index (χ1n) is 13.9. The van der Waals surface area contributed by atoms with E-state index in [1.54, 1.807) is 21.3 Å². The van der Waals surface area contributed by atoms with E-state index in [0.717, 1.165) is 45.1 Å². The maximum absolute atomic E-state index is 7.31. The molecule has 0 fully saturated rings. The maximum Gasteiger partial charge on any atom is 0.178 e. The zero-order chi connectivity index (χ0) is 28.4. The molecule has 0 spiro atoms. The van der Waals surface area contributed by atoms with Gasteiger partial charge in [0.25, 0.3) is 0 Å². The van der Waals surface area contributed by atoms with Crippen LogP contribution in [-0.2, 0) is 11.0 Å². The molecule has 1 aliphatic carbocycles. The SMILES string of the molecule is COc1ccc(C2(c3ccc(OC)cc3)C=Cc3c4c(c5ccccc5c3O2)C(C)(C)c2cc(OC)ccc2-4)cc1. The van der Waals surface area contributed by atoms with E-state index in [2.05, 4.69) is 92.7 Å². The van der Waals surface area contributed by atoms with E-state index in [1.807, 2.05) is 24.3 Å². The highest BCUT2D eigenvalue weighted by Gasteiger charge is 2.44. The maximum atomic E-state index is 7.31. The molecule has 0 unspecified atom stereocenters. The van der Waals surface area contributed by atoms with Gasteiger partial charge in [-0.15, -0.1) is 0 Å². The number of ether oxygens (including phenoxy) is 4. The van der Waals surface area contributed by atoms with Crippen molar-refractivity contribution < 1.29 is 18.9 Å². The Hall–Kier alpha value is -4.70. The third-order valence-electron chi connectivity index (χ3n) is 8.78. The minimum atomic E-state index is -0.848. The molecule has 204 valence electrons. The van der Waals surface area contributed by atoms with Crippen molar-refractivity contribution in [2.24, 2.45) is 0 Å². The molecule has 4 heteroatoms. The molecule has 1 aliphatic heterocycles. The van der Waals surface area contributed by atoms with Gasteiger partial charge in [-0.2, -0.15) is 0 Å². The van der Waals surface area contributed by atoms with Crippen molar-refractivity contribution >= 4 is 16.8 Å². The predicted molar refractivity (Wildman–Crippen MR) is 164 cm³/mol. The summed E-state index contributed by atoms with van der Waals surface area (Å²) in [7, 11) is 5.09. The third-order valence-corrected chi connectivity index (χ3v) is 8.78. The molecule has 0 amide bonds. The molecule has 0 saturated heterocycles. The Morgan fingerprint density at radius 2 is 1.20 bits per heavy atom. The van der Waals surface area contributed by atoms with Crippen LogP contribution < -0.4 is 18.9 Å². The first kappa shape index (κ1) is 25.3. The zero-order valence-corrected chi connectivity index (χ0v) is 23.9. The number of fused-ring (bicyclic) bond motifs is 8. The quantitative estimate of drug-likeness (QED) is 0.224. The minimum absolute atomic E-state index is 0.206. The molecule has 0 N–H and O–H groups in total. The first-order chi connectivity index (χ1) is 19.9. The molecule has 0 bridgehead atoms. The van der Waals surface area contributed by atoms with Gasteiger partial charge in [-0.25, -0.2) is 0 Å². The summed E-state index contributed by atoms with van der Waals surface area (Å²) in [5, 5.41) is 2.31. The van der Waals surface area contributed by atoms with Crippen molar-refractivity contribution in [3.8, 4) is 34.1 Å².